The SMILES string of the molecule is CCOC1(C(=O)Nc2ccc(OCCC(C)(C)OC)c(Cl)c2)CCCC1. The van der Waals surface area contributed by atoms with Crippen LogP contribution in [0.4, 0.5) is 5.69 Å². The minimum absolute atomic E-state index is 0.0940. The van der Waals surface area contributed by atoms with E-state index in [1.807, 2.05) is 20.8 Å². The average Bonchev–Trinajstić information content (AvgIpc) is 3.07. The highest BCUT2D eigenvalue weighted by Gasteiger charge is 2.42. The van der Waals surface area contributed by atoms with Gasteiger partial charge in [-0.1, -0.05) is 11.6 Å². The molecule has 1 fully saturated rings. The molecule has 2 rings (SSSR count). The quantitative estimate of drug-likeness (QED) is 0.664. The molecule has 6 heteroatoms. The van der Waals surface area contributed by atoms with E-state index in [9.17, 15) is 4.79 Å². The molecule has 1 aliphatic carbocycles. The van der Waals surface area contributed by atoms with Crippen LogP contribution in [0.3, 0.4) is 0 Å². The summed E-state index contributed by atoms with van der Waals surface area (Å²) in [5.74, 6) is 0.500. The summed E-state index contributed by atoms with van der Waals surface area (Å²) >= 11 is 6.31. The number of anilines is 1. The van der Waals surface area contributed by atoms with Crippen molar-refractivity contribution in [3.05, 3.63) is 23.2 Å². The first kappa shape index (κ1) is 21.0. The van der Waals surface area contributed by atoms with E-state index in [1.165, 1.54) is 0 Å². The van der Waals surface area contributed by atoms with Gasteiger partial charge in [0.1, 0.15) is 11.4 Å². The second-order valence-electron chi connectivity index (χ2n) is 7.30. The molecule has 26 heavy (non-hydrogen) atoms. The fraction of sp³-hybridized carbons (Fsp3) is 0.650. The van der Waals surface area contributed by atoms with Gasteiger partial charge in [0.15, 0.2) is 0 Å². The summed E-state index contributed by atoms with van der Waals surface area (Å²) in [7, 11) is 1.68. The fourth-order valence-electron chi connectivity index (χ4n) is 3.11. The van der Waals surface area contributed by atoms with Crippen LogP contribution in [0, 0.1) is 0 Å². The van der Waals surface area contributed by atoms with E-state index in [2.05, 4.69) is 5.32 Å². The summed E-state index contributed by atoms with van der Waals surface area (Å²) in [6.45, 7) is 6.96. The lowest BCUT2D eigenvalue weighted by molar-refractivity contribution is -0.140. The Bertz CT molecular complexity index is 612. The third-order valence-corrected chi connectivity index (χ3v) is 5.25. The predicted molar refractivity (Wildman–Crippen MR) is 104 cm³/mol. The van der Waals surface area contributed by atoms with Crippen molar-refractivity contribution in [1.82, 2.24) is 0 Å². The Hall–Kier alpha value is -1.30. The normalized spacial score (nSPS) is 16.5. The molecule has 0 unspecified atom stereocenters. The Morgan fingerprint density at radius 2 is 2.00 bits per heavy atom. The maximum atomic E-state index is 12.7. The first-order valence-corrected chi connectivity index (χ1v) is 9.62. The summed E-state index contributed by atoms with van der Waals surface area (Å²) in [6.07, 6.45) is 4.29. The number of amides is 1. The minimum atomic E-state index is -0.706. The lowest BCUT2D eigenvalue weighted by Gasteiger charge is -2.27. The number of nitrogens with one attached hydrogen (secondary N) is 1. The summed E-state index contributed by atoms with van der Waals surface area (Å²) in [5.41, 5.74) is -0.298. The number of ether oxygens (including phenoxy) is 3. The van der Waals surface area contributed by atoms with E-state index in [4.69, 9.17) is 25.8 Å². The lowest BCUT2D eigenvalue weighted by atomic mass is 10.0. The Kier molecular flexibility index (Phi) is 7.33. The zero-order valence-electron chi connectivity index (χ0n) is 16.2. The number of carbonyl (C=O) groups is 1. The molecule has 1 aliphatic rings. The predicted octanol–water partition coefficient (Wildman–Crippen LogP) is 4.82. The zero-order valence-corrected chi connectivity index (χ0v) is 16.9. The third-order valence-electron chi connectivity index (χ3n) is 4.95. The maximum absolute atomic E-state index is 12.7. The van der Waals surface area contributed by atoms with Crippen molar-refractivity contribution in [2.75, 3.05) is 25.6 Å². The molecule has 1 aromatic carbocycles. The number of rotatable bonds is 9. The fourth-order valence-corrected chi connectivity index (χ4v) is 3.34. The Balaban J connectivity index is 1.97. The van der Waals surface area contributed by atoms with Crippen LogP contribution in [0.1, 0.15) is 52.9 Å². The molecule has 1 aromatic rings. The highest BCUT2D eigenvalue weighted by molar-refractivity contribution is 6.32. The van der Waals surface area contributed by atoms with E-state index in [-0.39, 0.29) is 11.5 Å². The smallest absolute Gasteiger partial charge is 0.256 e. The van der Waals surface area contributed by atoms with Crippen LogP contribution in [-0.2, 0) is 14.3 Å². The third kappa shape index (κ3) is 5.35. The molecule has 0 aromatic heterocycles. The van der Waals surface area contributed by atoms with E-state index < -0.39 is 5.60 Å². The van der Waals surface area contributed by atoms with Gasteiger partial charge in [-0.15, -0.1) is 0 Å². The van der Waals surface area contributed by atoms with Crippen LogP contribution in [0.25, 0.3) is 0 Å². The maximum Gasteiger partial charge on any atom is 0.256 e. The second-order valence-corrected chi connectivity index (χ2v) is 7.70. The number of halogens is 1. The summed E-state index contributed by atoms with van der Waals surface area (Å²) < 4.78 is 16.9. The van der Waals surface area contributed by atoms with Crippen molar-refractivity contribution < 1.29 is 19.0 Å². The number of hydrogen-bond donors (Lipinski definition) is 1. The van der Waals surface area contributed by atoms with Crippen LogP contribution in [0.2, 0.25) is 5.02 Å². The zero-order chi connectivity index (χ0) is 19.2. The van der Waals surface area contributed by atoms with E-state index in [0.29, 0.717) is 29.7 Å². The largest absolute Gasteiger partial charge is 0.492 e. The van der Waals surface area contributed by atoms with Crippen molar-refractivity contribution in [1.29, 1.82) is 0 Å². The number of methoxy groups -OCH3 is 1. The van der Waals surface area contributed by atoms with Gasteiger partial charge in [0, 0.05) is 25.8 Å². The molecule has 5 nitrogen and oxygen atoms in total. The lowest BCUT2D eigenvalue weighted by Crippen LogP contribution is -2.43. The van der Waals surface area contributed by atoms with E-state index >= 15 is 0 Å². The average molecular weight is 384 g/mol. The molecule has 0 spiro atoms. The van der Waals surface area contributed by atoms with Crippen LogP contribution < -0.4 is 10.1 Å². The molecular formula is C20H30ClNO4. The summed E-state index contributed by atoms with van der Waals surface area (Å²) in [5, 5.41) is 3.41. The molecule has 1 N–H and O–H groups in total. The molecule has 1 saturated carbocycles. The molecule has 0 bridgehead atoms. The van der Waals surface area contributed by atoms with Gasteiger partial charge in [-0.3, -0.25) is 4.79 Å². The van der Waals surface area contributed by atoms with E-state index in [1.54, 1.807) is 25.3 Å². The topological polar surface area (TPSA) is 56.8 Å². The second kappa shape index (κ2) is 9.07. The molecule has 0 radical (unpaired) electrons. The first-order valence-electron chi connectivity index (χ1n) is 9.25. The molecule has 0 heterocycles. The van der Waals surface area contributed by atoms with Gasteiger partial charge in [0.2, 0.25) is 0 Å². The Morgan fingerprint density at radius 3 is 2.58 bits per heavy atom. The standard InChI is InChI=1S/C20H30ClNO4/c1-5-26-20(10-6-7-11-20)18(23)22-15-8-9-17(16(21)14-15)25-13-12-19(2,3)24-4/h8-9,14H,5-7,10-13H2,1-4H3,(H,22,23). The van der Waals surface area contributed by atoms with Gasteiger partial charge in [-0.2, -0.15) is 0 Å². The molecule has 1 amide bonds. The van der Waals surface area contributed by atoms with E-state index in [0.717, 1.165) is 32.1 Å². The number of carbonyl (C=O) groups excluding carboxylic acids is 1. The number of hydrogen-bond acceptors (Lipinski definition) is 4. The van der Waals surface area contributed by atoms with Gasteiger partial charge in [-0.05, 0) is 64.7 Å². The van der Waals surface area contributed by atoms with Gasteiger partial charge in [0.25, 0.3) is 5.91 Å². The van der Waals surface area contributed by atoms with Gasteiger partial charge in [0.05, 0.1) is 17.2 Å². The molecule has 0 atom stereocenters. The summed E-state index contributed by atoms with van der Waals surface area (Å²) in [4.78, 5) is 12.7. The van der Waals surface area contributed by atoms with Gasteiger partial charge < -0.3 is 19.5 Å². The van der Waals surface area contributed by atoms with Crippen LogP contribution in [0.5, 0.6) is 5.75 Å². The Morgan fingerprint density at radius 1 is 1.31 bits per heavy atom. The highest BCUT2D eigenvalue weighted by Crippen LogP contribution is 2.35. The van der Waals surface area contributed by atoms with Gasteiger partial charge in [-0.25, -0.2) is 0 Å². The van der Waals surface area contributed by atoms with Crippen molar-refractivity contribution in [2.24, 2.45) is 0 Å². The van der Waals surface area contributed by atoms with Crippen molar-refractivity contribution >= 4 is 23.2 Å². The van der Waals surface area contributed by atoms with Crippen LogP contribution in [0.15, 0.2) is 18.2 Å². The monoisotopic (exact) mass is 383 g/mol. The van der Waals surface area contributed by atoms with Crippen molar-refractivity contribution in [2.45, 2.75) is 64.1 Å². The minimum Gasteiger partial charge on any atom is -0.492 e. The number of benzene rings is 1. The van der Waals surface area contributed by atoms with Crippen molar-refractivity contribution in [3.63, 3.8) is 0 Å². The summed E-state index contributed by atoms with van der Waals surface area (Å²) in [6, 6.07) is 5.29. The first-order chi connectivity index (χ1) is 12.3. The molecule has 0 saturated heterocycles. The van der Waals surface area contributed by atoms with Crippen LogP contribution >= 0.6 is 11.6 Å². The molecule has 146 valence electrons. The highest BCUT2D eigenvalue weighted by atomic mass is 35.5. The van der Waals surface area contributed by atoms with Crippen molar-refractivity contribution in [3.8, 4) is 5.75 Å². The molecule has 0 aliphatic heterocycles. The Labute approximate surface area is 161 Å². The molecular weight excluding hydrogens is 354 g/mol. The van der Waals surface area contributed by atoms with Crippen LogP contribution in [-0.4, -0.2) is 37.4 Å². The van der Waals surface area contributed by atoms with Gasteiger partial charge >= 0.3 is 0 Å².